The summed E-state index contributed by atoms with van der Waals surface area (Å²) in [6.07, 6.45) is 1.83. The molecular weight excluding hydrogens is 248 g/mol. The van der Waals surface area contributed by atoms with Gasteiger partial charge in [-0.2, -0.15) is 0 Å². The van der Waals surface area contributed by atoms with Crippen molar-refractivity contribution < 1.29 is 9.90 Å². The molecular formula is C13H20N2O2S. The van der Waals surface area contributed by atoms with Crippen LogP contribution >= 0.6 is 11.8 Å². The van der Waals surface area contributed by atoms with Crippen LogP contribution in [0.3, 0.4) is 0 Å². The summed E-state index contributed by atoms with van der Waals surface area (Å²) in [5.41, 5.74) is 1.54. The van der Waals surface area contributed by atoms with Crippen molar-refractivity contribution in [2.75, 3.05) is 5.75 Å². The Bertz CT molecular complexity index is 477. The number of hydrogen-bond acceptors (Lipinski definition) is 3. The van der Waals surface area contributed by atoms with Crippen molar-refractivity contribution in [3.63, 3.8) is 0 Å². The van der Waals surface area contributed by atoms with Crippen LogP contribution in [0.15, 0.2) is 11.4 Å². The molecule has 0 amide bonds. The van der Waals surface area contributed by atoms with E-state index in [1.54, 1.807) is 0 Å². The van der Waals surface area contributed by atoms with Crippen molar-refractivity contribution in [3.8, 4) is 0 Å². The van der Waals surface area contributed by atoms with Gasteiger partial charge in [-0.05, 0) is 17.8 Å². The fourth-order valence-electron chi connectivity index (χ4n) is 2.78. The second-order valence-electron chi connectivity index (χ2n) is 6.08. The first kappa shape index (κ1) is 13.5. The summed E-state index contributed by atoms with van der Waals surface area (Å²) >= 11 is 1.30. The summed E-state index contributed by atoms with van der Waals surface area (Å²) in [5, 5.41) is 9.59. The fraction of sp³-hybridized carbons (Fsp3) is 0.692. The molecule has 0 aliphatic heterocycles. The standard InChI is InChI=1S/C13H20N2O2S/c1-8-6-14-11(18-7-9(16)17)15(8)10-12(2,3)13(10,4)5/h6,10H,7H2,1-5H3,(H,16,17). The van der Waals surface area contributed by atoms with Crippen LogP contribution in [-0.4, -0.2) is 26.4 Å². The Morgan fingerprint density at radius 3 is 2.44 bits per heavy atom. The van der Waals surface area contributed by atoms with Gasteiger partial charge < -0.3 is 9.67 Å². The van der Waals surface area contributed by atoms with Crippen LogP contribution in [0.25, 0.3) is 0 Å². The number of imidazole rings is 1. The number of aryl methyl sites for hydroxylation is 1. The Morgan fingerprint density at radius 2 is 2.00 bits per heavy atom. The molecule has 2 rings (SSSR count). The maximum Gasteiger partial charge on any atom is 0.313 e. The number of carbonyl (C=O) groups is 1. The molecule has 1 N–H and O–H groups in total. The molecule has 100 valence electrons. The summed E-state index contributed by atoms with van der Waals surface area (Å²) in [4.78, 5) is 15.0. The van der Waals surface area contributed by atoms with Crippen LogP contribution in [0.2, 0.25) is 0 Å². The minimum atomic E-state index is -0.804. The lowest BCUT2D eigenvalue weighted by Gasteiger charge is -2.11. The summed E-state index contributed by atoms with van der Waals surface area (Å²) in [5.74, 6) is -0.745. The molecule has 1 aromatic rings. The van der Waals surface area contributed by atoms with Gasteiger partial charge in [-0.25, -0.2) is 4.98 Å². The van der Waals surface area contributed by atoms with Gasteiger partial charge in [0, 0.05) is 17.9 Å². The predicted molar refractivity (Wildman–Crippen MR) is 71.9 cm³/mol. The van der Waals surface area contributed by atoms with E-state index in [-0.39, 0.29) is 16.6 Å². The number of rotatable bonds is 4. The maximum absolute atomic E-state index is 10.7. The molecule has 0 radical (unpaired) electrons. The van der Waals surface area contributed by atoms with Gasteiger partial charge in [0.2, 0.25) is 0 Å². The highest BCUT2D eigenvalue weighted by Gasteiger charge is 2.66. The molecule has 1 aliphatic carbocycles. The zero-order chi connectivity index (χ0) is 13.7. The zero-order valence-corrected chi connectivity index (χ0v) is 12.3. The van der Waals surface area contributed by atoms with E-state index >= 15 is 0 Å². The van der Waals surface area contributed by atoms with Crippen LogP contribution in [0.1, 0.15) is 39.4 Å². The van der Waals surface area contributed by atoms with Crippen molar-refractivity contribution in [1.29, 1.82) is 0 Å². The largest absolute Gasteiger partial charge is 0.481 e. The van der Waals surface area contributed by atoms with Crippen molar-refractivity contribution in [3.05, 3.63) is 11.9 Å². The van der Waals surface area contributed by atoms with Crippen LogP contribution in [0.4, 0.5) is 0 Å². The van der Waals surface area contributed by atoms with Crippen molar-refractivity contribution in [2.24, 2.45) is 10.8 Å². The fourth-order valence-corrected chi connectivity index (χ4v) is 3.55. The number of carboxylic acid groups (broad SMARTS) is 1. The number of carboxylic acids is 1. The van der Waals surface area contributed by atoms with Gasteiger partial charge in [0.25, 0.3) is 0 Å². The van der Waals surface area contributed by atoms with Gasteiger partial charge in [-0.3, -0.25) is 4.79 Å². The third-order valence-electron chi connectivity index (χ3n) is 4.48. The van der Waals surface area contributed by atoms with Crippen LogP contribution in [0, 0.1) is 17.8 Å². The van der Waals surface area contributed by atoms with Crippen LogP contribution in [0.5, 0.6) is 0 Å². The molecule has 0 bridgehead atoms. The summed E-state index contributed by atoms with van der Waals surface area (Å²) in [6.45, 7) is 11.0. The van der Waals surface area contributed by atoms with Crippen molar-refractivity contribution in [2.45, 2.75) is 45.8 Å². The Morgan fingerprint density at radius 1 is 1.44 bits per heavy atom. The average molecular weight is 268 g/mol. The molecule has 1 aliphatic rings. The minimum absolute atomic E-state index is 0.0596. The first-order chi connectivity index (χ1) is 8.19. The summed E-state index contributed by atoms with van der Waals surface area (Å²) < 4.78 is 2.20. The van der Waals surface area contributed by atoms with Gasteiger partial charge >= 0.3 is 5.97 Å². The number of hydrogen-bond donors (Lipinski definition) is 1. The lowest BCUT2D eigenvalue weighted by Crippen LogP contribution is -2.06. The molecule has 18 heavy (non-hydrogen) atoms. The summed E-state index contributed by atoms with van der Waals surface area (Å²) in [7, 11) is 0. The normalized spacial score (nSPS) is 20.9. The number of aromatic nitrogens is 2. The maximum atomic E-state index is 10.7. The Kier molecular flexibility index (Phi) is 3.00. The van der Waals surface area contributed by atoms with Gasteiger partial charge in [0.15, 0.2) is 5.16 Å². The quantitative estimate of drug-likeness (QED) is 0.853. The second kappa shape index (κ2) is 4.02. The minimum Gasteiger partial charge on any atom is -0.481 e. The molecule has 0 unspecified atom stereocenters. The highest BCUT2D eigenvalue weighted by atomic mass is 32.2. The number of thioether (sulfide) groups is 1. The smallest absolute Gasteiger partial charge is 0.313 e. The molecule has 0 spiro atoms. The van der Waals surface area contributed by atoms with E-state index in [2.05, 4.69) is 37.2 Å². The lowest BCUT2D eigenvalue weighted by atomic mass is 10.0. The number of nitrogens with zero attached hydrogens (tertiary/aromatic N) is 2. The molecule has 4 nitrogen and oxygen atoms in total. The molecule has 1 saturated carbocycles. The Balaban J connectivity index is 2.29. The zero-order valence-electron chi connectivity index (χ0n) is 11.5. The molecule has 1 heterocycles. The molecule has 1 aromatic heterocycles. The average Bonchev–Trinajstić information content (AvgIpc) is 2.55. The van der Waals surface area contributed by atoms with Crippen molar-refractivity contribution >= 4 is 17.7 Å². The van der Waals surface area contributed by atoms with E-state index in [1.165, 1.54) is 11.8 Å². The van der Waals surface area contributed by atoms with Crippen LogP contribution in [-0.2, 0) is 4.79 Å². The second-order valence-corrected chi connectivity index (χ2v) is 7.02. The van der Waals surface area contributed by atoms with Crippen LogP contribution < -0.4 is 0 Å². The summed E-state index contributed by atoms with van der Waals surface area (Å²) in [6, 6.07) is 0.392. The SMILES string of the molecule is Cc1cnc(SCC(=O)O)n1C1C(C)(C)C1(C)C. The van der Waals surface area contributed by atoms with E-state index in [4.69, 9.17) is 5.11 Å². The highest BCUT2D eigenvalue weighted by Crippen LogP contribution is 2.72. The van der Waals surface area contributed by atoms with E-state index in [0.717, 1.165) is 10.9 Å². The monoisotopic (exact) mass is 268 g/mol. The molecule has 0 saturated heterocycles. The molecule has 0 aromatic carbocycles. The molecule has 0 atom stereocenters. The van der Waals surface area contributed by atoms with Gasteiger partial charge in [0.05, 0.1) is 5.75 Å². The van der Waals surface area contributed by atoms with Gasteiger partial charge in [-0.1, -0.05) is 39.5 Å². The third kappa shape index (κ3) is 1.85. The Hall–Kier alpha value is -0.970. The first-order valence-electron chi connectivity index (χ1n) is 6.08. The van der Waals surface area contributed by atoms with E-state index in [0.29, 0.717) is 6.04 Å². The van der Waals surface area contributed by atoms with Gasteiger partial charge in [-0.15, -0.1) is 0 Å². The highest BCUT2D eigenvalue weighted by molar-refractivity contribution is 7.99. The van der Waals surface area contributed by atoms with Crippen molar-refractivity contribution in [1.82, 2.24) is 9.55 Å². The number of aliphatic carboxylic acids is 1. The Labute approximate surface area is 112 Å². The topological polar surface area (TPSA) is 55.1 Å². The van der Waals surface area contributed by atoms with E-state index < -0.39 is 5.97 Å². The molecule has 5 heteroatoms. The first-order valence-corrected chi connectivity index (χ1v) is 7.06. The van der Waals surface area contributed by atoms with E-state index in [9.17, 15) is 4.79 Å². The molecule has 1 fully saturated rings. The third-order valence-corrected chi connectivity index (χ3v) is 5.43. The van der Waals surface area contributed by atoms with E-state index in [1.807, 2.05) is 13.1 Å². The lowest BCUT2D eigenvalue weighted by molar-refractivity contribution is -0.133. The predicted octanol–water partition coefficient (Wildman–Crippen LogP) is 2.98. The van der Waals surface area contributed by atoms with Gasteiger partial charge in [0.1, 0.15) is 0 Å².